The molecule has 2 aliphatic rings. The van der Waals surface area contributed by atoms with Gasteiger partial charge in [-0.1, -0.05) is 48.5 Å². The molecule has 2 N–H and O–H groups in total. The Morgan fingerprint density at radius 3 is 2.27 bits per heavy atom. The number of nitrogens with one attached hydrogen (secondary N) is 1. The first kappa shape index (κ1) is 19.9. The lowest BCUT2D eigenvalue weighted by Crippen LogP contribution is -2.34. The van der Waals surface area contributed by atoms with Gasteiger partial charge in [-0.2, -0.15) is 0 Å². The number of hydrogen-bond donors (Lipinski definition) is 2. The Kier molecular flexibility index (Phi) is 5.44. The van der Waals surface area contributed by atoms with Gasteiger partial charge in [0.15, 0.2) is 0 Å². The van der Waals surface area contributed by atoms with E-state index in [1.807, 2.05) is 24.3 Å². The summed E-state index contributed by atoms with van der Waals surface area (Å²) in [5, 5.41) is 11.5. The van der Waals surface area contributed by atoms with Crippen LogP contribution in [0.1, 0.15) is 23.5 Å². The molecule has 2 amide bonds. The van der Waals surface area contributed by atoms with Crippen molar-refractivity contribution in [1.82, 2.24) is 10.2 Å². The van der Waals surface area contributed by atoms with E-state index in [2.05, 4.69) is 29.6 Å². The summed E-state index contributed by atoms with van der Waals surface area (Å²) in [5.41, 5.74) is 4.65. The Balaban J connectivity index is 1.27. The van der Waals surface area contributed by atoms with E-state index in [-0.39, 0.29) is 36.8 Å². The van der Waals surface area contributed by atoms with Crippen molar-refractivity contribution in [3.05, 3.63) is 59.7 Å². The standard InChI is InChI=1S/C23H24N2O5/c1-25(12-21(26)27)22(28)19-10-14(19)11-24-23(29)30-13-20-17-8-4-2-6-15(17)16-7-3-5-9-18(16)20/h2-9,14,19-20H,10-13H2,1H3,(H,24,29)(H,26,27)/t14-,19-/m0/s1. The van der Waals surface area contributed by atoms with E-state index in [1.54, 1.807) is 0 Å². The average Bonchev–Trinajstić information content (AvgIpc) is 3.44. The van der Waals surface area contributed by atoms with Crippen molar-refractivity contribution in [2.45, 2.75) is 12.3 Å². The summed E-state index contributed by atoms with van der Waals surface area (Å²) in [4.78, 5) is 36.3. The molecule has 2 atom stereocenters. The predicted octanol–water partition coefficient (Wildman–Crippen LogP) is 2.70. The van der Waals surface area contributed by atoms with Crippen molar-refractivity contribution in [2.75, 3.05) is 26.7 Å². The number of fused-ring (bicyclic) bond motifs is 3. The summed E-state index contributed by atoms with van der Waals surface area (Å²) in [6, 6.07) is 16.3. The van der Waals surface area contributed by atoms with E-state index in [0.717, 1.165) is 11.1 Å². The molecule has 2 aromatic carbocycles. The van der Waals surface area contributed by atoms with E-state index in [0.29, 0.717) is 13.0 Å². The zero-order chi connectivity index (χ0) is 21.3. The van der Waals surface area contributed by atoms with E-state index >= 15 is 0 Å². The number of hydrogen-bond acceptors (Lipinski definition) is 4. The largest absolute Gasteiger partial charge is 0.480 e. The minimum absolute atomic E-state index is 0.00284. The molecule has 0 spiro atoms. The lowest BCUT2D eigenvalue weighted by Gasteiger charge is -2.15. The molecular weight excluding hydrogens is 384 g/mol. The van der Waals surface area contributed by atoms with Gasteiger partial charge in [0.1, 0.15) is 13.2 Å². The molecule has 0 radical (unpaired) electrons. The molecule has 0 heterocycles. The summed E-state index contributed by atoms with van der Waals surface area (Å²) < 4.78 is 5.49. The number of carboxylic acids is 1. The van der Waals surface area contributed by atoms with Crippen molar-refractivity contribution in [2.24, 2.45) is 11.8 Å². The molecule has 30 heavy (non-hydrogen) atoms. The Morgan fingerprint density at radius 2 is 1.67 bits per heavy atom. The molecule has 1 fully saturated rings. The SMILES string of the molecule is CN(CC(=O)O)C(=O)[C@H]1C[C@H]1CNC(=O)OCC1c2ccccc2-c2ccccc21. The minimum Gasteiger partial charge on any atom is -0.480 e. The van der Waals surface area contributed by atoms with Crippen molar-refractivity contribution >= 4 is 18.0 Å². The summed E-state index contributed by atoms with van der Waals surface area (Å²) in [6.07, 6.45) is 0.140. The van der Waals surface area contributed by atoms with Crippen LogP contribution >= 0.6 is 0 Å². The Morgan fingerprint density at radius 1 is 1.07 bits per heavy atom. The van der Waals surface area contributed by atoms with Crippen molar-refractivity contribution in [1.29, 1.82) is 0 Å². The molecule has 7 heteroatoms. The maximum absolute atomic E-state index is 12.2. The summed E-state index contributed by atoms with van der Waals surface area (Å²) in [7, 11) is 1.48. The zero-order valence-corrected chi connectivity index (χ0v) is 16.7. The highest BCUT2D eigenvalue weighted by atomic mass is 16.5. The minimum atomic E-state index is -1.04. The lowest BCUT2D eigenvalue weighted by molar-refractivity contribution is -0.144. The highest BCUT2D eigenvalue weighted by Gasteiger charge is 2.44. The highest BCUT2D eigenvalue weighted by Crippen LogP contribution is 2.44. The van der Waals surface area contributed by atoms with E-state index in [4.69, 9.17) is 9.84 Å². The Bertz CT molecular complexity index is 944. The average molecular weight is 408 g/mol. The number of aliphatic carboxylic acids is 1. The van der Waals surface area contributed by atoms with Gasteiger partial charge in [0.2, 0.25) is 5.91 Å². The molecule has 156 valence electrons. The summed E-state index contributed by atoms with van der Waals surface area (Å²) in [6.45, 7) is 0.268. The molecule has 0 unspecified atom stereocenters. The fourth-order valence-corrected chi connectivity index (χ4v) is 4.20. The summed E-state index contributed by atoms with van der Waals surface area (Å²) >= 11 is 0. The van der Waals surface area contributed by atoms with Gasteiger partial charge in [-0.15, -0.1) is 0 Å². The Labute approximate surface area is 174 Å². The Hall–Kier alpha value is -3.35. The number of nitrogens with zero attached hydrogens (tertiary/aromatic N) is 1. The second kappa shape index (κ2) is 8.18. The molecule has 0 saturated heterocycles. The first-order valence-electron chi connectivity index (χ1n) is 10.0. The van der Waals surface area contributed by atoms with Crippen LogP contribution in [-0.2, 0) is 14.3 Å². The number of amides is 2. The molecule has 7 nitrogen and oxygen atoms in total. The third kappa shape index (κ3) is 4.01. The number of ether oxygens (including phenoxy) is 1. The lowest BCUT2D eigenvalue weighted by atomic mass is 9.98. The van der Waals surface area contributed by atoms with Crippen molar-refractivity contribution in [3.63, 3.8) is 0 Å². The fourth-order valence-electron chi connectivity index (χ4n) is 4.20. The number of alkyl carbamates (subject to hydrolysis) is 1. The second-order valence-electron chi connectivity index (χ2n) is 7.90. The van der Waals surface area contributed by atoms with Gasteiger partial charge in [-0.05, 0) is 34.6 Å². The highest BCUT2D eigenvalue weighted by molar-refractivity contribution is 5.85. The number of rotatable bonds is 7. The molecule has 1 saturated carbocycles. The molecule has 4 rings (SSSR count). The third-order valence-electron chi connectivity index (χ3n) is 5.84. The van der Waals surface area contributed by atoms with Crippen molar-refractivity contribution in [3.8, 4) is 11.1 Å². The fraction of sp³-hybridized carbons (Fsp3) is 0.348. The van der Waals surface area contributed by atoms with Crippen LogP contribution in [0.5, 0.6) is 0 Å². The van der Waals surface area contributed by atoms with Crippen LogP contribution in [0.25, 0.3) is 11.1 Å². The van der Waals surface area contributed by atoms with Crippen LogP contribution < -0.4 is 5.32 Å². The van der Waals surface area contributed by atoms with Crippen LogP contribution in [0.15, 0.2) is 48.5 Å². The van der Waals surface area contributed by atoms with Gasteiger partial charge in [0, 0.05) is 25.4 Å². The van der Waals surface area contributed by atoms with Crippen LogP contribution in [0.4, 0.5) is 4.79 Å². The number of carboxylic acid groups (broad SMARTS) is 1. The topological polar surface area (TPSA) is 95.9 Å². The number of benzene rings is 2. The van der Waals surface area contributed by atoms with E-state index in [9.17, 15) is 14.4 Å². The molecule has 0 aromatic heterocycles. The number of carbonyl (C=O) groups excluding carboxylic acids is 2. The van der Waals surface area contributed by atoms with Crippen LogP contribution in [0.2, 0.25) is 0 Å². The normalized spacial score (nSPS) is 18.8. The van der Waals surface area contributed by atoms with Crippen LogP contribution in [-0.4, -0.2) is 54.7 Å². The quantitative estimate of drug-likeness (QED) is 0.734. The second-order valence-corrected chi connectivity index (χ2v) is 7.90. The molecule has 2 aliphatic carbocycles. The molecular formula is C23H24N2O5. The van der Waals surface area contributed by atoms with Crippen LogP contribution in [0.3, 0.4) is 0 Å². The number of likely N-dealkylation sites (N-methyl/N-ethyl adjacent to an activating group) is 1. The van der Waals surface area contributed by atoms with Gasteiger partial charge in [0.05, 0.1) is 0 Å². The predicted molar refractivity (Wildman–Crippen MR) is 110 cm³/mol. The number of carbonyl (C=O) groups is 3. The molecule has 0 aliphatic heterocycles. The monoisotopic (exact) mass is 408 g/mol. The first-order valence-corrected chi connectivity index (χ1v) is 10.0. The first-order chi connectivity index (χ1) is 14.5. The van der Waals surface area contributed by atoms with Gasteiger partial charge in [0.25, 0.3) is 0 Å². The van der Waals surface area contributed by atoms with Crippen LogP contribution in [0, 0.1) is 11.8 Å². The maximum Gasteiger partial charge on any atom is 0.407 e. The zero-order valence-electron chi connectivity index (χ0n) is 16.7. The smallest absolute Gasteiger partial charge is 0.407 e. The summed E-state index contributed by atoms with van der Waals surface area (Å²) in [5.74, 6) is -1.45. The third-order valence-corrected chi connectivity index (χ3v) is 5.84. The van der Waals surface area contributed by atoms with Gasteiger partial charge < -0.3 is 20.1 Å². The maximum atomic E-state index is 12.2. The molecule has 2 aromatic rings. The molecule has 0 bridgehead atoms. The van der Waals surface area contributed by atoms with Gasteiger partial charge in [-0.3, -0.25) is 9.59 Å². The van der Waals surface area contributed by atoms with E-state index in [1.165, 1.54) is 23.1 Å². The van der Waals surface area contributed by atoms with Gasteiger partial charge in [-0.25, -0.2) is 4.79 Å². The van der Waals surface area contributed by atoms with Crippen molar-refractivity contribution < 1.29 is 24.2 Å². The van der Waals surface area contributed by atoms with E-state index < -0.39 is 12.1 Å². The van der Waals surface area contributed by atoms with Gasteiger partial charge >= 0.3 is 12.1 Å².